The smallest absolute Gasteiger partial charge is 0.203 e. The molecule has 0 bridgehead atoms. The van der Waals surface area contributed by atoms with Gasteiger partial charge >= 0.3 is 0 Å². The number of nitrogens with zero attached hydrogens (tertiary/aromatic N) is 2. The summed E-state index contributed by atoms with van der Waals surface area (Å²) in [7, 11) is 1.71. The van der Waals surface area contributed by atoms with Gasteiger partial charge in [-0.1, -0.05) is 24.3 Å². The Balaban J connectivity index is 2.05. The first-order valence-corrected chi connectivity index (χ1v) is 6.52. The fraction of sp³-hybridized carbons (Fsp3) is 0.400. The second-order valence-corrected chi connectivity index (χ2v) is 4.67. The third-order valence-corrected chi connectivity index (χ3v) is 3.13. The molecule has 0 aliphatic rings. The monoisotopic (exact) mass is 259 g/mol. The summed E-state index contributed by atoms with van der Waals surface area (Å²) in [6.07, 6.45) is 2.04. The van der Waals surface area contributed by atoms with Crippen molar-refractivity contribution in [3.8, 4) is 0 Å². The summed E-state index contributed by atoms with van der Waals surface area (Å²) in [6, 6.07) is 8.38. The highest BCUT2D eigenvalue weighted by Crippen LogP contribution is 2.12. The van der Waals surface area contributed by atoms with Gasteiger partial charge in [0.2, 0.25) is 5.95 Å². The number of hydrogen-bond donors (Lipinski definition) is 1. The average molecular weight is 259 g/mol. The average Bonchev–Trinajstić information content (AvgIpc) is 2.76. The number of aryl methyl sites for hydroxylation is 2. The second kappa shape index (κ2) is 6.38. The number of imidazole rings is 1. The first-order valence-electron chi connectivity index (χ1n) is 6.52. The van der Waals surface area contributed by atoms with Crippen LogP contribution in [-0.2, 0) is 17.8 Å². The van der Waals surface area contributed by atoms with Crippen molar-refractivity contribution in [3.05, 3.63) is 47.3 Å². The molecule has 4 heteroatoms. The maximum Gasteiger partial charge on any atom is 0.203 e. The molecule has 2 aromatic rings. The van der Waals surface area contributed by atoms with E-state index in [1.807, 2.05) is 13.1 Å². The van der Waals surface area contributed by atoms with Crippen LogP contribution < -0.4 is 5.32 Å². The van der Waals surface area contributed by atoms with E-state index >= 15 is 0 Å². The van der Waals surface area contributed by atoms with E-state index in [2.05, 4.69) is 46.1 Å². The SMILES string of the molecule is COCCn1cc(C)nc1NCc1ccccc1C. The summed E-state index contributed by atoms with van der Waals surface area (Å²) in [5, 5.41) is 3.40. The maximum absolute atomic E-state index is 5.12. The molecule has 2 rings (SSSR count). The molecule has 0 radical (unpaired) electrons. The van der Waals surface area contributed by atoms with Crippen molar-refractivity contribution >= 4 is 5.95 Å². The normalized spacial score (nSPS) is 10.7. The van der Waals surface area contributed by atoms with E-state index in [0.29, 0.717) is 6.61 Å². The summed E-state index contributed by atoms with van der Waals surface area (Å²) in [4.78, 5) is 4.50. The molecular formula is C15H21N3O. The molecule has 0 aliphatic heterocycles. The van der Waals surface area contributed by atoms with Crippen molar-refractivity contribution in [2.75, 3.05) is 19.0 Å². The van der Waals surface area contributed by atoms with Crippen LogP contribution in [0.2, 0.25) is 0 Å². The molecule has 102 valence electrons. The number of nitrogens with one attached hydrogen (secondary N) is 1. The zero-order chi connectivity index (χ0) is 13.7. The number of methoxy groups -OCH3 is 1. The molecule has 0 fully saturated rings. The van der Waals surface area contributed by atoms with Crippen LogP contribution in [0.1, 0.15) is 16.8 Å². The minimum Gasteiger partial charge on any atom is -0.383 e. The predicted molar refractivity (Wildman–Crippen MR) is 77.3 cm³/mol. The summed E-state index contributed by atoms with van der Waals surface area (Å²) >= 11 is 0. The van der Waals surface area contributed by atoms with Crippen LogP contribution in [0, 0.1) is 13.8 Å². The van der Waals surface area contributed by atoms with Gasteiger partial charge in [-0.2, -0.15) is 0 Å². The molecule has 4 nitrogen and oxygen atoms in total. The van der Waals surface area contributed by atoms with Gasteiger partial charge in [-0.25, -0.2) is 4.98 Å². The lowest BCUT2D eigenvalue weighted by Gasteiger charge is -2.10. The highest BCUT2D eigenvalue weighted by molar-refractivity contribution is 5.33. The van der Waals surface area contributed by atoms with Gasteiger partial charge in [-0.3, -0.25) is 0 Å². The molecule has 0 spiro atoms. The molecule has 1 N–H and O–H groups in total. The van der Waals surface area contributed by atoms with Crippen molar-refractivity contribution in [1.82, 2.24) is 9.55 Å². The highest BCUT2D eigenvalue weighted by Gasteiger charge is 2.05. The van der Waals surface area contributed by atoms with Gasteiger partial charge in [0.25, 0.3) is 0 Å². The summed E-state index contributed by atoms with van der Waals surface area (Å²) in [5.41, 5.74) is 3.60. The summed E-state index contributed by atoms with van der Waals surface area (Å²) in [6.45, 7) is 6.42. The van der Waals surface area contributed by atoms with Crippen LogP contribution in [0.25, 0.3) is 0 Å². The standard InChI is InChI=1S/C15H21N3O/c1-12-6-4-5-7-14(12)10-16-15-17-13(2)11-18(15)8-9-19-3/h4-7,11H,8-10H2,1-3H3,(H,16,17). The fourth-order valence-electron chi connectivity index (χ4n) is 2.03. The number of rotatable bonds is 6. The van der Waals surface area contributed by atoms with Gasteiger partial charge in [-0.15, -0.1) is 0 Å². The van der Waals surface area contributed by atoms with Crippen LogP contribution in [0.15, 0.2) is 30.5 Å². The van der Waals surface area contributed by atoms with Gasteiger partial charge in [0, 0.05) is 26.4 Å². The lowest BCUT2D eigenvalue weighted by atomic mass is 10.1. The molecule has 0 saturated carbocycles. The Hall–Kier alpha value is -1.81. The Morgan fingerprint density at radius 2 is 2.05 bits per heavy atom. The van der Waals surface area contributed by atoms with E-state index in [9.17, 15) is 0 Å². The van der Waals surface area contributed by atoms with Crippen molar-refractivity contribution in [2.24, 2.45) is 0 Å². The number of hydrogen-bond acceptors (Lipinski definition) is 3. The Morgan fingerprint density at radius 3 is 2.79 bits per heavy atom. The van der Waals surface area contributed by atoms with E-state index in [1.54, 1.807) is 7.11 Å². The molecule has 0 atom stereocenters. The lowest BCUT2D eigenvalue weighted by Crippen LogP contribution is -2.10. The number of benzene rings is 1. The van der Waals surface area contributed by atoms with Gasteiger partial charge in [0.1, 0.15) is 0 Å². The Kier molecular flexibility index (Phi) is 4.58. The van der Waals surface area contributed by atoms with E-state index in [0.717, 1.165) is 24.7 Å². The highest BCUT2D eigenvalue weighted by atomic mass is 16.5. The largest absolute Gasteiger partial charge is 0.383 e. The molecule has 0 unspecified atom stereocenters. The molecule has 1 heterocycles. The Bertz CT molecular complexity index is 534. The molecule has 0 aliphatic carbocycles. The maximum atomic E-state index is 5.12. The third-order valence-electron chi connectivity index (χ3n) is 3.13. The van der Waals surface area contributed by atoms with Crippen molar-refractivity contribution in [2.45, 2.75) is 26.9 Å². The summed E-state index contributed by atoms with van der Waals surface area (Å²) < 4.78 is 7.21. The van der Waals surface area contributed by atoms with Crippen LogP contribution >= 0.6 is 0 Å². The minimum absolute atomic E-state index is 0.689. The summed E-state index contributed by atoms with van der Waals surface area (Å²) in [5.74, 6) is 0.901. The predicted octanol–water partition coefficient (Wildman–Crippen LogP) is 2.76. The van der Waals surface area contributed by atoms with E-state index in [4.69, 9.17) is 4.74 Å². The first-order chi connectivity index (χ1) is 9.20. The van der Waals surface area contributed by atoms with Crippen LogP contribution in [0.3, 0.4) is 0 Å². The van der Waals surface area contributed by atoms with Gasteiger partial charge < -0.3 is 14.6 Å². The molecule has 19 heavy (non-hydrogen) atoms. The van der Waals surface area contributed by atoms with Gasteiger partial charge in [0.05, 0.1) is 12.3 Å². The molecule has 1 aromatic carbocycles. The van der Waals surface area contributed by atoms with Crippen molar-refractivity contribution in [3.63, 3.8) is 0 Å². The van der Waals surface area contributed by atoms with Gasteiger partial charge in [0.15, 0.2) is 0 Å². The third kappa shape index (κ3) is 3.58. The van der Waals surface area contributed by atoms with Crippen LogP contribution in [0.4, 0.5) is 5.95 Å². The zero-order valence-corrected chi connectivity index (χ0v) is 11.8. The molecule has 1 aromatic heterocycles. The van der Waals surface area contributed by atoms with Crippen LogP contribution in [-0.4, -0.2) is 23.3 Å². The van der Waals surface area contributed by atoms with Crippen molar-refractivity contribution < 1.29 is 4.74 Å². The van der Waals surface area contributed by atoms with E-state index < -0.39 is 0 Å². The quantitative estimate of drug-likeness (QED) is 0.867. The number of ether oxygens (including phenoxy) is 1. The van der Waals surface area contributed by atoms with E-state index in [-0.39, 0.29) is 0 Å². The number of aromatic nitrogens is 2. The topological polar surface area (TPSA) is 39.1 Å². The van der Waals surface area contributed by atoms with Crippen LogP contribution in [0.5, 0.6) is 0 Å². The lowest BCUT2D eigenvalue weighted by molar-refractivity contribution is 0.187. The molecular weight excluding hydrogens is 238 g/mol. The second-order valence-electron chi connectivity index (χ2n) is 4.67. The molecule has 0 amide bonds. The molecule has 0 saturated heterocycles. The van der Waals surface area contributed by atoms with E-state index in [1.165, 1.54) is 11.1 Å². The number of anilines is 1. The first kappa shape index (κ1) is 13.6. The Labute approximate surface area is 114 Å². The zero-order valence-electron chi connectivity index (χ0n) is 11.8. The minimum atomic E-state index is 0.689. The van der Waals surface area contributed by atoms with Crippen molar-refractivity contribution in [1.29, 1.82) is 0 Å². The fourth-order valence-corrected chi connectivity index (χ4v) is 2.03. The van der Waals surface area contributed by atoms with Gasteiger partial charge in [-0.05, 0) is 25.0 Å². The Morgan fingerprint density at radius 1 is 1.26 bits per heavy atom.